The van der Waals surface area contributed by atoms with Gasteiger partial charge in [0.1, 0.15) is 0 Å². The Morgan fingerprint density at radius 1 is 1.05 bits per heavy atom. The second-order valence-electron chi connectivity index (χ2n) is 5.93. The SMILES string of the molecule is C[C@]12OCC[C@H]1[C@@H](c1ccccc1)Nc1ccccc12. The molecule has 2 nitrogen and oxygen atoms in total. The molecule has 1 fully saturated rings. The average Bonchev–Trinajstić information content (AvgIpc) is 2.90. The molecule has 2 aromatic carbocycles. The first-order valence-corrected chi connectivity index (χ1v) is 7.34. The molecule has 0 amide bonds. The predicted octanol–water partition coefficient (Wildman–Crippen LogP) is 4.11. The number of hydrogen-bond donors (Lipinski definition) is 1. The summed E-state index contributed by atoms with van der Waals surface area (Å²) in [6.07, 6.45) is 1.11. The molecule has 2 heteroatoms. The number of nitrogens with one attached hydrogen (secondary N) is 1. The Hall–Kier alpha value is -1.80. The van der Waals surface area contributed by atoms with E-state index >= 15 is 0 Å². The quantitative estimate of drug-likeness (QED) is 0.838. The molecule has 0 unspecified atom stereocenters. The van der Waals surface area contributed by atoms with Gasteiger partial charge in [-0.1, -0.05) is 48.5 Å². The van der Waals surface area contributed by atoms with Gasteiger partial charge in [0.2, 0.25) is 0 Å². The fraction of sp³-hybridized carbons (Fsp3) is 0.333. The van der Waals surface area contributed by atoms with Gasteiger partial charge < -0.3 is 10.1 Å². The minimum atomic E-state index is -0.164. The van der Waals surface area contributed by atoms with Crippen molar-refractivity contribution >= 4 is 5.69 Å². The Morgan fingerprint density at radius 2 is 1.80 bits per heavy atom. The number of fused-ring (bicyclic) bond motifs is 3. The summed E-state index contributed by atoms with van der Waals surface area (Å²) in [6.45, 7) is 3.10. The summed E-state index contributed by atoms with van der Waals surface area (Å²) in [7, 11) is 0. The first-order valence-electron chi connectivity index (χ1n) is 7.34. The number of ether oxygens (including phenoxy) is 1. The third-order valence-electron chi connectivity index (χ3n) is 4.87. The Balaban J connectivity index is 1.85. The van der Waals surface area contributed by atoms with Gasteiger partial charge in [0.15, 0.2) is 0 Å². The van der Waals surface area contributed by atoms with E-state index in [4.69, 9.17) is 4.74 Å². The van der Waals surface area contributed by atoms with Crippen molar-refractivity contribution in [3.8, 4) is 0 Å². The summed E-state index contributed by atoms with van der Waals surface area (Å²) < 4.78 is 6.18. The summed E-state index contributed by atoms with van der Waals surface area (Å²) in [6, 6.07) is 19.6. The van der Waals surface area contributed by atoms with Crippen LogP contribution in [0.1, 0.15) is 30.5 Å². The van der Waals surface area contributed by atoms with Crippen LogP contribution in [-0.2, 0) is 10.3 Å². The van der Waals surface area contributed by atoms with Crippen LogP contribution in [0.4, 0.5) is 5.69 Å². The van der Waals surface area contributed by atoms with Gasteiger partial charge in [0.25, 0.3) is 0 Å². The van der Waals surface area contributed by atoms with Crippen LogP contribution in [0.15, 0.2) is 54.6 Å². The van der Waals surface area contributed by atoms with Gasteiger partial charge in [0, 0.05) is 23.8 Å². The van der Waals surface area contributed by atoms with E-state index in [0.717, 1.165) is 13.0 Å². The number of para-hydroxylation sites is 1. The molecular weight excluding hydrogens is 246 g/mol. The van der Waals surface area contributed by atoms with E-state index in [1.165, 1.54) is 16.8 Å². The minimum absolute atomic E-state index is 0.164. The van der Waals surface area contributed by atoms with E-state index in [1.54, 1.807) is 0 Å². The number of rotatable bonds is 1. The summed E-state index contributed by atoms with van der Waals surface area (Å²) >= 11 is 0. The van der Waals surface area contributed by atoms with Crippen LogP contribution in [0.25, 0.3) is 0 Å². The summed E-state index contributed by atoms with van der Waals surface area (Å²) in [4.78, 5) is 0. The summed E-state index contributed by atoms with van der Waals surface area (Å²) in [5, 5.41) is 3.73. The van der Waals surface area contributed by atoms with Crippen molar-refractivity contribution in [3.05, 3.63) is 65.7 Å². The van der Waals surface area contributed by atoms with Crippen molar-refractivity contribution in [1.82, 2.24) is 0 Å². The van der Waals surface area contributed by atoms with E-state index in [-0.39, 0.29) is 5.60 Å². The van der Waals surface area contributed by atoms with E-state index in [2.05, 4.69) is 66.8 Å². The largest absolute Gasteiger partial charge is 0.378 e. The lowest BCUT2D eigenvalue weighted by Crippen LogP contribution is -2.40. The minimum Gasteiger partial charge on any atom is -0.378 e. The average molecular weight is 265 g/mol. The highest BCUT2D eigenvalue weighted by Crippen LogP contribution is 2.53. The van der Waals surface area contributed by atoms with Gasteiger partial charge in [-0.2, -0.15) is 0 Å². The zero-order valence-electron chi connectivity index (χ0n) is 11.7. The molecule has 20 heavy (non-hydrogen) atoms. The molecule has 0 aromatic heterocycles. The first kappa shape index (κ1) is 12.0. The van der Waals surface area contributed by atoms with Crippen molar-refractivity contribution in [1.29, 1.82) is 0 Å². The molecule has 4 rings (SSSR count). The highest BCUT2D eigenvalue weighted by atomic mass is 16.5. The smallest absolute Gasteiger partial charge is 0.0974 e. The van der Waals surface area contributed by atoms with Crippen LogP contribution in [0.3, 0.4) is 0 Å². The van der Waals surface area contributed by atoms with Crippen molar-refractivity contribution < 1.29 is 4.74 Å². The monoisotopic (exact) mass is 265 g/mol. The fourth-order valence-electron chi connectivity index (χ4n) is 3.83. The normalized spacial score (nSPS) is 31.2. The van der Waals surface area contributed by atoms with Crippen LogP contribution >= 0.6 is 0 Å². The molecule has 2 aliphatic rings. The van der Waals surface area contributed by atoms with Crippen molar-refractivity contribution in [3.63, 3.8) is 0 Å². The van der Waals surface area contributed by atoms with Gasteiger partial charge in [-0.3, -0.25) is 0 Å². The fourth-order valence-corrected chi connectivity index (χ4v) is 3.83. The third kappa shape index (κ3) is 1.61. The number of anilines is 1. The molecule has 0 bridgehead atoms. The Morgan fingerprint density at radius 3 is 2.65 bits per heavy atom. The maximum absolute atomic E-state index is 6.18. The van der Waals surface area contributed by atoms with Crippen LogP contribution in [0, 0.1) is 5.92 Å². The van der Waals surface area contributed by atoms with Crippen LogP contribution < -0.4 is 5.32 Å². The lowest BCUT2D eigenvalue weighted by molar-refractivity contribution is -0.0178. The Bertz CT molecular complexity index is 624. The van der Waals surface area contributed by atoms with Crippen molar-refractivity contribution in [2.24, 2.45) is 5.92 Å². The first-order chi connectivity index (χ1) is 9.79. The Kier molecular flexibility index (Phi) is 2.61. The lowest BCUT2D eigenvalue weighted by Gasteiger charge is -2.43. The topological polar surface area (TPSA) is 21.3 Å². The molecule has 1 saturated heterocycles. The van der Waals surface area contributed by atoms with Crippen LogP contribution in [0.2, 0.25) is 0 Å². The van der Waals surface area contributed by atoms with Gasteiger partial charge in [0.05, 0.1) is 11.6 Å². The maximum Gasteiger partial charge on any atom is 0.0974 e. The predicted molar refractivity (Wildman–Crippen MR) is 80.7 cm³/mol. The van der Waals surface area contributed by atoms with E-state index in [1.807, 2.05) is 0 Å². The Labute approximate surface area is 119 Å². The molecule has 0 aliphatic carbocycles. The molecule has 102 valence electrons. The van der Waals surface area contributed by atoms with E-state index in [9.17, 15) is 0 Å². The third-order valence-corrected chi connectivity index (χ3v) is 4.87. The van der Waals surface area contributed by atoms with Gasteiger partial charge >= 0.3 is 0 Å². The molecule has 0 saturated carbocycles. The molecule has 2 aromatic rings. The number of benzene rings is 2. The van der Waals surface area contributed by atoms with Crippen LogP contribution in [0.5, 0.6) is 0 Å². The molecule has 0 radical (unpaired) electrons. The van der Waals surface area contributed by atoms with Gasteiger partial charge in [-0.05, 0) is 25.0 Å². The lowest BCUT2D eigenvalue weighted by atomic mass is 9.73. The number of hydrogen-bond acceptors (Lipinski definition) is 2. The zero-order chi connectivity index (χ0) is 13.6. The molecule has 3 atom stereocenters. The van der Waals surface area contributed by atoms with Gasteiger partial charge in [-0.25, -0.2) is 0 Å². The highest BCUT2D eigenvalue weighted by Gasteiger charge is 2.50. The molecule has 2 heterocycles. The summed E-state index contributed by atoms with van der Waals surface area (Å²) in [5.41, 5.74) is 3.70. The standard InChI is InChI=1S/C18H19NO/c1-18-14-9-5-6-10-16(14)19-17(15(18)11-12-20-18)13-7-3-2-4-8-13/h2-10,15,17,19H,11-12H2,1H3/t15-,17+,18+/m0/s1. The van der Waals surface area contributed by atoms with Crippen molar-refractivity contribution in [2.45, 2.75) is 25.0 Å². The molecule has 0 spiro atoms. The highest BCUT2D eigenvalue weighted by molar-refractivity contribution is 5.59. The zero-order valence-corrected chi connectivity index (χ0v) is 11.7. The second-order valence-corrected chi connectivity index (χ2v) is 5.93. The van der Waals surface area contributed by atoms with Crippen molar-refractivity contribution in [2.75, 3.05) is 11.9 Å². The second kappa shape index (κ2) is 4.35. The molecular formula is C18H19NO. The van der Waals surface area contributed by atoms with Gasteiger partial charge in [-0.15, -0.1) is 0 Å². The molecule has 1 N–H and O–H groups in total. The van der Waals surface area contributed by atoms with Crippen LogP contribution in [-0.4, -0.2) is 6.61 Å². The molecule has 2 aliphatic heterocycles. The summed E-state index contributed by atoms with van der Waals surface area (Å²) in [5.74, 6) is 0.486. The van der Waals surface area contributed by atoms with E-state index < -0.39 is 0 Å². The van der Waals surface area contributed by atoms with E-state index in [0.29, 0.717) is 12.0 Å². The maximum atomic E-state index is 6.18.